The van der Waals surface area contributed by atoms with Crippen LogP contribution in [-0.4, -0.2) is 49.0 Å². The van der Waals surface area contributed by atoms with Gasteiger partial charge in [0, 0.05) is 17.9 Å². The minimum absolute atomic E-state index is 0.0545. The van der Waals surface area contributed by atoms with Crippen LogP contribution in [0.3, 0.4) is 0 Å². The molecule has 0 aromatic heterocycles. The summed E-state index contributed by atoms with van der Waals surface area (Å²) in [6, 6.07) is 0. The predicted molar refractivity (Wildman–Crippen MR) is 66.5 cm³/mol. The predicted octanol–water partition coefficient (Wildman–Crippen LogP) is -0.696. The SMILES string of the molecule is C=CCS(=O)(=O)C=CC(=O)OC(=O)CCC(O)CO. The number of hydrogen-bond acceptors (Lipinski definition) is 7. The zero-order valence-electron chi connectivity index (χ0n) is 10.2. The third kappa shape index (κ3) is 9.11. The molecule has 108 valence electrons. The first-order chi connectivity index (χ1) is 8.80. The zero-order valence-corrected chi connectivity index (χ0v) is 11.0. The molecule has 8 heteroatoms. The van der Waals surface area contributed by atoms with Gasteiger partial charge in [-0.05, 0) is 6.42 Å². The van der Waals surface area contributed by atoms with Gasteiger partial charge in [0.05, 0.1) is 18.5 Å². The van der Waals surface area contributed by atoms with E-state index in [9.17, 15) is 18.0 Å². The Balaban J connectivity index is 4.21. The highest BCUT2D eigenvalue weighted by atomic mass is 32.2. The Morgan fingerprint density at radius 2 is 2.00 bits per heavy atom. The summed E-state index contributed by atoms with van der Waals surface area (Å²) >= 11 is 0. The van der Waals surface area contributed by atoms with E-state index in [1.54, 1.807) is 0 Å². The second-order valence-corrected chi connectivity index (χ2v) is 5.52. The van der Waals surface area contributed by atoms with Gasteiger partial charge in [0.1, 0.15) is 0 Å². The third-order valence-electron chi connectivity index (χ3n) is 1.87. The first-order valence-corrected chi connectivity index (χ1v) is 7.07. The largest absolute Gasteiger partial charge is 0.394 e. The van der Waals surface area contributed by atoms with Crippen molar-refractivity contribution in [2.75, 3.05) is 12.4 Å². The van der Waals surface area contributed by atoms with Gasteiger partial charge in [0.2, 0.25) is 0 Å². The second kappa shape index (κ2) is 8.57. The molecule has 0 radical (unpaired) electrons. The summed E-state index contributed by atoms with van der Waals surface area (Å²) < 4.78 is 26.6. The van der Waals surface area contributed by atoms with Crippen molar-refractivity contribution in [1.82, 2.24) is 0 Å². The minimum atomic E-state index is -3.58. The van der Waals surface area contributed by atoms with Crippen LogP contribution in [0.4, 0.5) is 0 Å². The Labute approximate surface area is 111 Å². The number of aliphatic hydroxyl groups excluding tert-OH is 2. The van der Waals surface area contributed by atoms with Gasteiger partial charge in [0.25, 0.3) is 0 Å². The van der Waals surface area contributed by atoms with Crippen molar-refractivity contribution >= 4 is 21.8 Å². The van der Waals surface area contributed by atoms with E-state index >= 15 is 0 Å². The Morgan fingerprint density at radius 1 is 1.37 bits per heavy atom. The van der Waals surface area contributed by atoms with Gasteiger partial charge in [-0.1, -0.05) is 6.08 Å². The quantitative estimate of drug-likeness (QED) is 0.263. The van der Waals surface area contributed by atoms with Gasteiger partial charge in [-0.15, -0.1) is 6.58 Å². The molecule has 0 aliphatic heterocycles. The molecule has 0 saturated carbocycles. The lowest BCUT2D eigenvalue weighted by Crippen LogP contribution is -2.16. The van der Waals surface area contributed by atoms with E-state index in [2.05, 4.69) is 11.3 Å². The van der Waals surface area contributed by atoms with Crippen LogP contribution in [-0.2, 0) is 24.2 Å². The number of rotatable bonds is 8. The number of hydrogen-bond donors (Lipinski definition) is 2. The fraction of sp³-hybridized carbons (Fsp3) is 0.455. The van der Waals surface area contributed by atoms with Gasteiger partial charge < -0.3 is 14.9 Å². The van der Waals surface area contributed by atoms with E-state index < -0.39 is 34.5 Å². The average molecular weight is 292 g/mol. The molecule has 1 atom stereocenters. The fourth-order valence-corrected chi connectivity index (χ4v) is 1.71. The van der Waals surface area contributed by atoms with Crippen molar-refractivity contribution in [3.8, 4) is 0 Å². The summed E-state index contributed by atoms with van der Waals surface area (Å²) in [6.07, 6.45) is 0.402. The van der Waals surface area contributed by atoms with Crippen molar-refractivity contribution in [2.45, 2.75) is 18.9 Å². The molecule has 1 unspecified atom stereocenters. The van der Waals surface area contributed by atoms with Crippen molar-refractivity contribution in [1.29, 1.82) is 0 Å². The van der Waals surface area contributed by atoms with E-state index in [4.69, 9.17) is 10.2 Å². The van der Waals surface area contributed by atoms with E-state index in [0.29, 0.717) is 11.5 Å². The standard InChI is InChI=1S/C11H16O7S/c1-2-6-19(16,17)7-5-11(15)18-10(14)4-3-9(13)8-12/h2,5,7,9,12-13H,1,3-4,6,8H2. The van der Waals surface area contributed by atoms with Crippen molar-refractivity contribution in [3.63, 3.8) is 0 Å². The van der Waals surface area contributed by atoms with Crippen LogP contribution in [0.5, 0.6) is 0 Å². The Bertz CT molecular complexity index is 450. The minimum Gasteiger partial charge on any atom is -0.394 e. The van der Waals surface area contributed by atoms with E-state index in [1.807, 2.05) is 0 Å². The molecule has 0 rings (SSSR count). The van der Waals surface area contributed by atoms with Gasteiger partial charge in [0.15, 0.2) is 9.84 Å². The van der Waals surface area contributed by atoms with Gasteiger partial charge in [-0.3, -0.25) is 4.79 Å². The lowest BCUT2D eigenvalue weighted by molar-refractivity contribution is -0.156. The van der Waals surface area contributed by atoms with Gasteiger partial charge >= 0.3 is 11.9 Å². The molecule has 0 aromatic rings. The number of esters is 2. The maximum absolute atomic E-state index is 11.2. The van der Waals surface area contributed by atoms with Crippen LogP contribution in [0.2, 0.25) is 0 Å². The lowest BCUT2D eigenvalue weighted by Gasteiger charge is -2.04. The highest BCUT2D eigenvalue weighted by Crippen LogP contribution is 2.00. The number of ether oxygens (including phenoxy) is 1. The van der Waals surface area contributed by atoms with Crippen LogP contribution >= 0.6 is 0 Å². The topological polar surface area (TPSA) is 118 Å². The molecule has 0 amide bonds. The highest BCUT2D eigenvalue weighted by molar-refractivity contribution is 7.94. The maximum atomic E-state index is 11.2. The van der Waals surface area contributed by atoms with E-state index in [-0.39, 0.29) is 18.6 Å². The highest BCUT2D eigenvalue weighted by Gasteiger charge is 2.12. The molecular formula is C11H16O7S. The molecule has 0 aliphatic rings. The number of sulfone groups is 1. The van der Waals surface area contributed by atoms with Crippen LogP contribution in [0, 0.1) is 0 Å². The molecular weight excluding hydrogens is 276 g/mol. The number of aliphatic hydroxyl groups is 2. The maximum Gasteiger partial charge on any atom is 0.339 e. The Hall–Kier alpha value is -1.51. The van der Waals surface area contributed by atoms with Crippen LogP contribution < -0.4 is 0 Å². The molecule has 0 heterocycles. The molecule has 0 aromatic carbocycles. The van der Waals surface area contributed by atoms with Crippen molar-refractivity contribution < 1.29 is 33.0 Å². The Morgan fingerprint density at radius 3 is 2.53 bits per heavy atom. The third-order valence-corrected chi connectivity index (χ3v) is 3.12. The summed E-state index contributed by atoms with van der Waals surface area (Å²) in [5.41, 5.74) is 0. The van der Waals surface area contributed by atoms with Crippen LogP contribution in [0.1, 0.15) is 12.8 Å². The molecule has 2 N–H and O–H groups in total. The first kappa shape index (κ1) is 17.5. The second-order valence-electron chi connectivity index (χ2n) is 3.59. The van der Waals surface area contributed by atoms with Crippen molar-refractivity contribution in [2.24, 2.45) is 0 Å². The normalized spacial score (nSPS) is 13.2. The van der Waals surface area contributed by atoms with Gasteiger partial charge in [-0.2, -0.15) is 0 Å². The molecule has 0 aliphatic carbocycles. The smallest absolute Gasteiger partial charge is 0.339 e. The fourth-order valence-electron chi connectivity index (χ4n) is 0.952. The van der Waals surface area contributed by atoms with Gasteiger partial charge in [-0.25, -0.2) is 13.2 Å². The van der Waals surface area contributed by atoms with Crippen LogP contribution in [0.15, 0.2) is 24.1 Å². The number of carbonyl (C=O) groups is 2. The molecule has 0 bridgehead atoms. The molecule has 7 nitrogen and oxygen atoms in total. The molecule has 0 fully saturated rings. The summed E-state index contributed by atoms with van der Waals surface area (Å²) in [5, 5.41) is 18.1. The molecule has 19 heavy (non-hydrogen) atoms. The van der Waals surface area contributed by atoms with Crippen molar-refractivity contribution in [3.05, 3.63) is 24.1 Å². The summed E-state index contributed by atoms with van der Waals surface area (Å²) in [7, 11) is -3.58. The number of carbonyl (C=O) groups excluding carboxylic acids is 2. The molecule has 0 spiro atoms. The van der Waals surface area contributed by atoms with E-state index in [1.165, 1.54) is 0 Å². The Kier molecular flexibility index (Phi) is 7.89. The van der Waals surface area contributed by atoms with Crippen LogP contribution in [0.25, 0.3) is 0 Å². The summed E-state index contributed by atoms with van der Waals surface area (Å²) in [6.45, 7) is 2.74. The summed E-state index contributed by atoms with van der Waals surface area (Å²) in [5.74, 6) is -2.35. The summed E-state index contributed by atoms with van der Waals surface area (Å²) in [4.78, 5) is 22.2. The monoisotopic (exact) mass is 292 g/mol. The van der Waals surface area contributed by atoms with E-state index in [0.717, 1.165) is 6.08 Å². The average Bonchev–Trinajstić information content (AvgIpc) is 2.33. The molecule has 0 saturated heterocycles. The zero-order chi connectivity index (χ0) is 14.9. The first-order valence-electron chi connectivity index (χ1n) is 5.36. The lowest BCUT2D eigenvalue weighted by atomic mass is 10.2.